The Morgan fingerprint density at radius 1 is 1.30 bits per heavy atom. The molecule has 6 heteroatoms. The fourth-order valence-electron chi connectivity index (χ4n) is 2.22. The Labute approximate surface area is 117 Å². The number of benzene rings is 1. The first-order valence-electron chi connectivity index (χ1n) is 6.48. The molecule has 1 aromatic carbocycles. The van der Waals surface area contributed by atoms with E-state index in [1.165, 1.54) is 7.05 Å². The number of carbonyl (C=O) groups excluding carboxylic acids is 3. The maximum atomic E-state index is 12.3. The molecule has 6 nitrogen and oxygen atoms in total. The third-order valence-electron chi connectivity index (χ3n) is 3.29. The van der Waals surface area contributed by atoms with Crippen LogP contribution < -0.4 is 10.3 Å². The monoisotopic (exact) mass is 275 g/mol. The first kappa shape index (κ1) is 14.0. The van der Waals surface area contributed by atoms with Crippen molar-refractivity contribution in [3.8, 4) is 0 Å². The number of amides is 3. The molecule has 1 aromatic rings. The van der Waals surface area contributed by atoms with E-state index in [0.29, 0.717) is 6.54 Å². The zero-order valence-electron chi connectivity index (χ0n) is 11.5. The van der Waals surface area contributed by atoms with E-state index in [4.69, 9.17) is 0 Å². The van der Waals surface area contributed by atoms with Gasteiger partial charge in [-0.3, -0.25) is 24.8 Å². The van der Waals surface area contributed by atoms with Gasteiger partial charge in [-0.15, -0.1) is 0 Å². The van der Waals surface area contributed by atoms with Gasteiger partial charge in [0.2, 0.25) is 5.91 Å². The summed E-state index contributed by atoms with van der Waals surface area (Å²) in [5.41, 5.74) is 3.16. The number of nitrogens with zero attached hydrogens (tertiary/aromatic N) is 2. The highest BCUT2D eigenvalue weighted by Crippen LogP contribution is 2.19. The average molecular weight is 275 g/mol. The molecule has 106 valence electrons. The molecule has 1 aliphatic rings. The number of para-hydroxylation sites is 1. The zero-order chi connectivity index (χ0) is 14.7. The number of carbonyl (C=O) groups is 3. The summed E-state index contributed by atoms with van der Waals surface area (Å²) in [6, 6.07) is 9.19. The van der Waals surface area contributed by atoms with Crippen molar-refractivity contribution in [2.24, 2.45) is 5.92 Å². The Kier molecular flexibility index (Phi) is 4.02. The molecular formula is C14H17N3O3. The van der Waals surface area contributed by atoms with E-state index in [0.717, 1.165) is 10.7 Å². The smallest absolute Gasteiger partial charge is 0.253 e. The minimum atomic E-state index is -0.926. The van der Waals surface area contributed by atoms with Crippen molar-refractivity contribution >= 4 is 23.4 Å². The van der Waals surface area contributed by atoms with Crippen molar-refractivity contribution in [1.82, 2.24) is 10.4 Å². The molecule has 1 atom stereocenters. The first-order chi connectivity index (χ1) is 9.54. The van der Waals surface area contributed by atoms with Crippen molar-refractivity contribution in [2.45, 2.75) is 13.3 Å². The Bertz CT molecular complexity index is 530. The second-order valence-electron chi connectivity index (χ2n) is 4.60. The largest absolute Gasteiger partial charge is 0.313 e. The third kappa shape index (κ3) is 2.64. The topological polar surface area (TPSA) is 69.7 Å². The van der Waals surface area contributed by atoms with E-state index in [-0.39, 0.29) is 18.2 Å². The fourth-order valence-corrected chi connectivity index (χ4v) is 2.22. The van der Waals surface area contributed by atoms with Crippen LogP contribution in [-0.4, -0.2) is 36.3 Å². The summed E-state index contributed by atoms with van der Waals surface area (Å²) in [6.07, 6.45) is -0.113. The van der Waals surface area contributed by atoms with Gasteiger partial charge in [0.15, 0.2) is 0 Å². The SMILES string of the molecule is CCN(C(=O)CC1C(=O)NN(C)C1=O)c1ccccc1. The summed E-state index contributed by atoms with van der Waals surface area (Å²) in [4.78, 5) is 37.3. The minimum Gasteiger partial charge on any atom is -0.313 e. The molecule has 2 rings (SSSR count). The molecule has 0 spiro atoms. The summed E-state index contributed by atoms with van der Waals surface area (Å²) < 4.78 is 0. The minimum absolute atomic E-state index is 0.113. The lowest BCUT2D eigenvalue weighted by Crippen LogP contribution is -2.34. The van der Waals surface area contributed by atoms with E-state index in [2.05, 4.69) is 5.43 Å². The Morgan fingerprint density at radius 2 is 1.95 bits per heavy atom. The standard InChI is InChI=1S/C14H17N3O3/c1-3-17(10-7-5-4-6-8-10)12(18)9-11-13(19)15-16(2)14(11)20/h4-8,11H,3,9H2,1-2H3,(H,15,19). The summed E-state index contributed by atoms with van der Waals surface area (Å²) in [6.45, 7) is 2.34. The number of hydrazine groups is 1. The summed E-state index contributed by atoms with van der Waals surface area (Å²) in [5, 5.41) is 1.12. The first-order valence-corrected chi connectivity index (χ1v) is 6.48. The molecule has 1 N–H and O–H groups in total. The van der Waals surface area contributed by atoms with Gasteiger partial charge in [0.25, 0.3) is 11.8 Å². The Morgan fingerprint density at radius 3 is 2.45 bits per heavy atom. The van der Waals surface area contributed by atoms with Crippen LogP contribution in [-0.2, 0) is 14.4 Å². The van der Waals surface area contributed by atoms with Crippen LogP contribution in [0.15, 0.2) is 30.3 Å². The highest BCUT2D eigenvalue weighted by molar-refractivity contribution is 6.09. The van der Waals surface area contributed by atoms with E-state index in [1.54, 1.807) is 4.90 Å². The van der Waals surface area contributed by atoms with Gasteiger partial charge in [0.05, 0.1) is 0 Å². The number of hydrogen-bond acceptors (Lipinski definition) is 3. The van der Waals surface area contributed by atoms with Crippen LogP contribution in [0.4, 0.5) is 5.69 Å². The summed E-state index contributed by atoms with van der Waals surface area (Å²) in [5.74, 6) is -1.95. The number of rotatable bonds is 4. The maximum Gasteiger partial charge on any atom is 0.253 e. The Hall–Kier alpha value is -2.37. The van der Waals surface area contributed by atoms with Crippen LogP contribution in [0.25, 0.3) is 0 Å². The van der Waals surface area contributed by atoms with Gasteiger partial charge >= 0.3 is 0 Å². The molecule has 1 aliphatic heterocycles. The predicted molar refractivity (Wildman–Crippen MR) is 73.5 cm³/mol. The summed E-state index contributed by atoms with van der Waals surface area (Å²) in [7, 11) is 1.47. The van der Waals surface area contributed by atoms with Gasteiger partial charge < -0.3 is 4.90 Å². The number of hydrogen-bond donors (Lipinski definition) is 1. The van der Waals surface area contributed by atoms with Crippen LogP contribution in [0.2, 0.25) is 0 Å². The average Bonchev–Trinajstić information content (AvgIpc) is 2.67. The van der Waals surface area contributed by atoms with Crippen LogP contribution in [0, 0.1) is 5.92 Å². The lowest BCUT2D eigenvalue weighted by atomic mass is 10.0. The summed E-state index contributed by atoms with van der Waals surface area (Å²) >= 11 is 0. The maximum absolute atomic E-state index is 12.3. The van der Waals surface area contributed by atoms with Gasteiger partial charge in [0.1, 0.15) is 5.92 Å². The van der Waals surface area contributed by atoms with Crippen LogP contribution in [0.1, 0.15) is 13.3 Å². The third-order valence-corrected chi connectivity index (χ3v) is 3.29. The second kappa shape index (κ2) is 5.73. The van der Waals surface area contributed by atoms with Gasteiger partial charge in [-0.1, -0.05) is 18.2 Å². The molecule has 0 bridgehead atoms. The van der Waals surface area contributed by atoms with E-state index < -0.39 is 11.8 Å². The van der Waals surface area contributed by atoms with Crippen LogP contribution in [0.5, 0.6) is 0 Å². The molecule has 1 fully saturated rings. The Balaban J connectivity index is 2.11. The molecule has 1 unspecified atom stereocenters. The van der Waals surface area contributed by atoms with Gasteiger partial charge in [-0.2, -0.15) is 0 Å². The highest BCUT2D eigenvalue weighted by Gasteiger charge is 2.39. The fraction of sp³-hybridized carbons (Fsp3) is 0.357. The molecule has 0 radical (unpaired) electrons. The van der Waals surface area contributed by atoms with Gasteiger partial charge in [0, 0.05) is 25.7 Å². The van der Waals surface area contributed by atoms with Crippen molar-refractivity contribution < 1.29 is 14.4 Å². The van der Waals surface area contributed by atoms with E-state index in [1.807, 2.05) is 37.3 Å². The van der Waals surface area contributed by atoms with Crippen LogP contribution >= 0.6 is 0 Å². The van der Waals surface area contributed by atoms with Crippen molar-refractivity contribution in [1.29, 1.82) is 0 Å². The molecule has 3 amide bonds. The molecule has 0 aromatic heterocycles. The van der Waals surface area contributed by atoms with Crippen LogP contribution in [0.3, 0.4) is 0 Å². The molecule has 20 heavy (non-hydrogen) atoms. The highest BCUT2D eigenvalue weighted by atomic mass is 16.2. The van der Waals surface area contributed by atoms with Crippen molar-refractivity contribution in [3.05, 3.63) is 30.3 Å². The van der Waals surface area contributed by atoms with Crippen molar-refractivity contribution in [3.63, 3.8) is 0 Å². The lowest BCUT2D eigenvalue weighted by Gasteiger charge is -2.21. The molecule has 1 saturated heterocycles. The van der Waals surface area contributed by atoms with E-state index in [9.17, 15) is 14.4 Å². The lowest BCUT2D eigenvalue weighted by molar-refractivity contribution is -0.134. The van der Waals surface area contributed by atoms with Gasteiger partial charge in [-0.05, 0) is 19.1 Å². The number of nitrogens with one attached hydrogen (secondary N) is 1. The van der Waals surface area contributed by atoms with Gasteiger partial charge in [-0.25, -0.2) is 0 Å². The second-order valence-corrected chi connectivity index (χ2v) is 4.60. The number of anilines is 1. The van der Waals surface area contributed by atoms with Crippen molar-refractivity contribution in [2.75, 3.05) is 18.5 Å². The zero-order valence-corrected chi connectivity index (χ0v) is 11.5. The predicted octanol–water partition coefficient (Wildman–Crippen LogP) is 0.549. The molecule has 0 aliphatic carbocycles. The normalized spacial score (nSPS) is 18.1. The molecule has 1 heterocycles. The quantitative estimate of drug-likeness (QED) is 0.816. The molecule has 0 saturated carbocycles. The molecular weight excluding hydrogens is 258 g/mol. The van der Waals surface area contributed by atoms with E-state index >= 15 is 0 Å².